The van der Waals surface area contributed by atoms with Gasteiger partial charge in [0.2, 0.25) is 0 Å². The van der Waals surface area contributed by atoms with Crippen LogP contribution in [0.2, 0.25) is 0 Å². The van der Waals surface area contributed by atoms with Crippen LogP contribution in [0.3, 0.4) is 0 Å². The van der Waals surface area contributed by atoms with E-state index in [1.54, 1.807) is 7.11 Å². The minimum absolute atomic E-state index is 0.504. The molecule has 3 heteroatoms. The number of ether oxygens (including phenoxy) is 1. The summed E-state index contributed by atoms with van der Waals surface area (Å²) in [5.41, 5.74) is 0. The van der Waals surface area contributed by atoms with E-state index in [2.05, 4.69) is 33.0 Å². The van der Waals surface area contributed by atoms with Gasteiger partial charge in [0.1, 0.15) is 0 Å². The molecule has 2 nitrogen and oxygen atoms in total. The van der Waals surface area contributed by atoms with Crippen LogP contribution in [-0.2, 0) is 4.74 Å². The van der Waals surface area contributed by atoms with Gasteiger partial charge in [-0.3, -0.25) is 0 Å². The number of hydrogen-bond acceptors (Lipinski definition) is 3. The zero-order valence-corrected chi connectivity index (χ0v) is 11.7. The number of hydrogen-bond donors (Lipinski definition) is 1. The molecule has 0 saturated carbocycles. The van der Waals surface area contributed by atoms with Gasteiger partial charge in [-0.15, -0.1) is 0 Å². The Kier molecular flexibility index (Phi) is 9.66. The maximum atomic E-state index is 5.17. The van der Waals surface area contributed by atoms with Crippen LogP contribution < -0.4 is 5.32 Å². The van der Waals surface area contributed by atoms with Crippen molar-refractivity contribution in [2.24, 2.45) is 5.92 Å². The van der Waals surface area contributed by atoms with Gasteiger partial charge in [0.05, 0.1) is 6.61 Å². The Morgan fingerprint density at radius 1 is 1.20 bits per heavy atom. The van der Waals surface area contributed by atoms with Crippen molar-refractivity contribution in [2.45, 2.75) is 46.2 Å². The lowest BCUT2D eigenvalue weighted by atomic mass is 10.2. The Morgan fingerprint density at radius 3 is 2.33 bits per heavy atom. The quantitative estimate of drug-likeness (QED) is 0.662. The summed E-state index contributed by atoms with van der Waals surface area (Å²) in [6.07, 6.45) is 1.13. The molecule has 0 amide bonds. The number of thioether (sulfide) groups is 1. The highest BCUT2D eigenvalue weighted by Gasteiger charge is 2.09. The lowest BCUT2D eigenvalue weighted by Crippen LogP contribution is -2.40. The second-order valence-electron chi connectivity index (χ2n) is 4.56. The Bertz CT molecular complexity index is 142. The third kappa shape index (κ3) is 9.21. The van der Waals surface area contributed by atoms with Crippen molar-refractivity contribution in [3.05, 3.63) is 0 Å². The summed E-state index contributed by atoms with van der Waals surface area (Å²) >= 11 is 2.04. The fraction of sp³-hybridized carbons (Fsp3) is 1.00. The zero-order valence-electron chi connectivity index (χ0n) is 10.9. The van der Waals surface area contributed by atoms with E-state index >= 15 is 0 Å². The van der Waals surface area contributed by atoms with Gasteiger partial charge in [0, 0.05) is 24.9 Å². The summed E-state index contributed by atoms with van der Waals surface area (Å²) in [4.78, 5) is 0. The van der Waals surface area contributed by atoms with E-state index in [9.17, 15) is 0 Å². The van der Waals surface area contributed by atoms with Crippen molar-refractivity contribution in [1.29, 1.82) is 0 Å². The van der Waals surface area contributed by atoms with Gasteiger partial charge in [-0.2, -0.15) is 11.8 Å². The molecule has 15 heavy (non-hydrogen) atoms. The van der Waals surface area contributed by atoms with E-state index in [4.69, 9.17) is 4.74 Å². The minimum Gasteiger partial charge on any atom is -0.383 e. The van der Waals surface area contributed by atoms with Crippen LogP contribution in [0.15, 0.2) is 0 Å². The van der Waals surface area contributed by atoms with Crippen molar-refractivity contribution in [3.63, 3.8) is 0 Å². The van der Waals surface area contributed by atoms with Crippen LogP contribution in [0.5, 0.6) is 0 Å². The maximum absolute atomic E-state index is 5.17. The molecular formula is C12H27NOS. The predicted octanol–water partition coefficient (Wildman–Crippen LogP) is 2.78. The Balaban J connectivity index is 3.56. The number of nitrogens with one attached hydrogen (secondary N) is 1. The van der Waals surface area contributed by atoms with Gasteiger partial charge in [-0.1, -0.05) is 20.8 Å². The molecule has 0 fully saturated rings. The molecule has 0 aromatic carbocycles. The summed E-state index contributed by atoms with van der Waals surface area (Å²) in [5, 5.41) is 3.60. The first-order valence-electron chi connectivity index (χ1n) is 5.92. The molecule has 2 unspecified atom stereocenters. The average molecular weight is 233 g/mol. The molecule has 0 aliphatic heterocycles. The summed E-state index contributed by atoms with van der Waals surface area (Å²) < 4.78 is 5.17. The van der Waals surface area contributed by atoms with E-state index in [-0.39, 0.29) is 0 Å². The Hall–Kier alpha value is 0.270. The van der Waals surface area contributed by atoms with Gasteiger partial charge in [-0.25, -0.2) is 0 Å². The first kappa shape index (κ1) is 15.3. The molecule has 92 valence electrons. The predicted molar refractivity (Wildman–Crippen MR) is 70.7 cm³/mol. The van der Waals surface area contributed by atoms with Crippen LogP contribution in [0.1, 0.15) is 34.1 Å². The van der Waals surface area contributed by atoms with Crippen LogP contribution >= 0.6 is 11.8 Å². The normalized spacial score (nSPS) is 15.6. The fourth-order valence-electron chi connectivity index (χ4n) is 1.42. The fourth-order valence-corrected chi connectivity index (χ4v) is 2.47. The molecule has 0 aromatic rings. The van der Waals surface area contributed by atoms with Crippen molar-refractivity contribution in [2.75, 3.05) is 25.2 Å². The zero-order chi connectivity index (χ0) is 11.7. The highest BCUT2D eigenvalue weighted by Crippen LogP contribution is 2.09. The second kappa shape index (κ2) is 9.49. The lowest BCUT2D eigenvalue weighted by Gasteiger charge is -2.21. The smallest absolute Gasteiger partial charge is 0.0615 e. The van der Waals surface area contributed by atoms with Crippen molar-refractivity contribution < 1.29 is 4.74 Å². The molecule has 0 spiro atoms. The molecular weight excluding hydrogens is 206 g/mol. The Labute approximate surface area is 99.5 Å². The van der Waals surface area contributed by atoms with E-state index < -0.39 is 0 Å². The molecule has 2 atom stereocenters. The standard InChI is InChI=1S/C12H27NOS/c1-6-12(7-14-5)13-11(4)9-15-8-10(2)3/h10-13H,6-9H2,1-5H3. The Morgan fingerprint density at radius 2 is 1.87 bits per heavy atom. The van der Waals surface area contributed by atoms with Crippen molar-refractivity contribution in [3.8, 4) is 0 Å². The molecule has 0 heterocycles. The van der Waals surface area contributed by atoms with Gasteiger partial charge in [-0.05, 0) is 25.0 Å². The monoisotopic (exact) mass is 233 g/mol. The largest absolute Gasteiger partial charge is 0.383 e. The summed E-state index contributed by atoms with van der Waals surface area (Å²) in [6, 6.07) is 1.08. The average Bonchev–Trinajstić information content (AvgIpc) is 2.16. The molecule has 0 bridgehead atoms. The highest BCUT2D eigenvalue weighted by molar-refractivity contribution is 7.99. The maximum Gasteiger partial charge on any atom is 0.0615 e. The van der Waals surface area contributed by atoms with Gasteiger partial charge < -0.3 is 10.1 Å². The van der Waals surface area contributed by atoms with Crippen LogP contribution in [-0.4, -0.2) is 37.3 Å². The molecule has 0 saturated heterocycles. The van der Waals surface area contributed by atoms with Crippen LogP contribution in [0, 0.1) is 5.92 Å². The molecule has 0 aliphatic carbocycles. The highest BCUT2D eigenvalue weighted by atomic mass is 32.2. The molecule has 1 N–H and O–H groups in total. The first-order valence-corrected chi connectivity index (χ1v) is 7.08. The van der Waals surface area contributed by atoms with E-state index in [0.717, 1.165) is 18.9 Å². The van der Waals surface area contributed by atoms with E-state index in [0.29, 0.717) is 12.1 Å². The first-order chi connectivity index (χ1) is 7.10. The van der Waals surface area contributed by atoms with Gasteiger partial charge >= 0.3 is 0 Å². The van der Waals surface area contributed by atoms with Gasteiger partial charge in [0.15, 0.2) is 0 Å². The molecule has 0 radical (unpaired) electrons. The lowest BCUT2D eigenvalue weighted by molar-refractivity contribution is 0.161. The van der Waals surface area contributed by atoms with E-state index in [1.165, 1.54) is 11.5 Å². The minimum atomic E-state index is 0.504. The topological polar surface area (TPSA) is 21.3 Å². The molecule has 0 rings (SSSR count). The molecule has 0 aromatic heterocycles. The third-order valence-electron chi connectivity index (χ3n) is 2.20. The van der Waals surface area contributed by atoms with Crippen LogP contribution in [0.25, 0.3) is 0 Å². The second-order valence-corrected chi connectivity index (χ2v) is 5.63. The van der Waals surface area contributed by atoms with E-state index in [1.807, 2.05) is 11.8 Å². The molecule has 0 aliphatic rings. The SMILES string of the molecule is CCC(COC)NC(C)CSCC(C)C. The van der Waals surface area contributed by atoms with Crippen LogP contribution in [0.4, 0.5) is 0 Å². The van der Waals surface area contributed by atoms with Crippen molar-refractivity contribution >= 4 is 11.8 Å². The van der Waals surface area contributed by atoms with Crippen molar-refractivity contribution in [1.82, 2.24) is 5.32 Å². The summed E-state index contributed by atoms with van der Waals surface area (Å²) in [6.45, 7) is 9.81. The number of methoxy groups -OCH3 is 1. The summed E-state index contributed by atoms with van der Waals surface area (Å²) in [5.74, 6) is 3.24. The van der Waals surface area contributed by atoms with Gasteiger partial charge in [0.25, 0.3) is 0 Å². The number of rotatable bonds is 9. The third-order valence-corrected chi connectivity index (χ3v) is 3.84. The summed E-state index contributed by atoms with van der Waals surface area (Å²) in [7, 11) is 1.77.